The number of rotatable bonds is 6. The standard InChI is InChI=1S/C15H17N3O6S2/c1-10(19)17-25(20,21)12-5-3-11(4-6-12)18-26(22,23)13-7-8-15(24-2)14(16)9-13/h3-9,18H,16H2,1-2H3,(H,17,19). The van der Waals surface area contributed by atoms with Crippen LogP contribution in [-0.4, -0.2) is 29.9 Å². The van der Waals surface area contributed by atoms with Crippen LogP contribution in [0, 0.1) is 0 Å². The number of nitrogens with two attached hydrogens (primary N) is 1. The summed E-state index contributed by atoms with van der Waals surface area (Å²) in [7, 11) is -6.51. The number of nitrogen functional groups attached to an aromatic ring is 1. The molecule has 140 valence electrons. The molecule has 0 unspecified atom stereocenters. The van der Waals surface area contributed by atoms with E-state index in [9.17, 15) is 21.6 Å². The van der Waals surface area contributed by atoms with Gasteiger partial charge in [-0.05, 0) is 42.5 Å². The average Bonchev–Trinajstić information content (AvgIpc) is 2.53. The molecule has 2 aromatic rings. The summed E-state index contributed by atoms with van der Waals surface area (Å²) in [5.41, 5.74) is 6.01. The van der Waals surface area contributed by atoms with Crippen molar-refractivity contribution in [1.29, 1.82) is 0 Å². The molecule has 0 radical (unpaired) electrons. The van der Waals surface area contributed by atoms with Gasteiger partial charge in [0.1, 0.15) is 5.75 Å². The summed E-state index contributed by atoms with van der Waals surface area (Å²) in [4.78, 5) is 10.7. The smallest absolute Gasteiger partial charge is 0.264 e. The van der Waals surface area contributed by atoms with E-state index >= 15 is 0 Å². The zero-order valence-corrected chi connectivity index (χ0v) is 15.5. The molecule has 0 heterocycles. The first kappa shape index (κ1) is 19.5. The molecule has 1 amide bonds. The maximum atomic E-state index is 12.4. The molecule has 26 heavy (non-hydrogen) atoms. The monoisotopic (exact) mass is 399 g/mol. The zero-order chi connectivity index (χ0) is 19.5. The van der Waals surface area contributed by atoms with Gasteiger partial charge < -0.3 is 10.5 Å². The zero-order valence-electron chi connectivity index (χ0n) is 13.9. The number of carbonyl (C=O) groups is 1. The highest BCUT2D eigenvalue weighted by atomic mass is 32.2. The predicted molar refractivity (Wildman–Crippen MR) is 95.7 cm³/mol. The Morgan fingerprint density at radius 3 is 2.04 bits per heavy atom. The van der Waals surface area contributed by atoms with Crippen molar-refractivity contribution in [1.82, 2.24) is 4.72 Å². The number of methoxy groups -OCH3 is 1. The normalized spacial score (nSPS) is 11.6. The lowest BCUT2D eigenvalue weighted by Gasteiger charge is -2.11. The number of anilines is 2. The highest BCUT2D eigenvalue weighted by Crippen LogP contribution is 2.26. The first-order valence-electron chi connectivity index (χ1n) is 7.15. The number of nitrogens with one attached hydrogen (secondary N) is 2. The quantitative estimate of drug-likeness (QED) is 0.612. The molecule has 2 rings (SSSR count). The molecule has 0 aliphatic rings. The van der Waals surface area contributed by atoms with E-state index in [1.165, 1.54) is 49.6 Å². The molecule has 0 bridgehead atoms. The van der Waals surface area contributed by atoms with Gasteiger partial charge in [-0.3, -0.25) is 9.52 Å². The third-order valence-electron chi connectivity index (χ3n) is 3.21. The van der Waals surface area contributed by atoms with E-state index in [0.717, 1.165) is 6.92 Å². The Bertz CT molecular complexity index is 1030. The molecule has 11 heteroatoms. The molecule has 0 atom stereocenters. The van der Waals surface area contributed by atoms with Crippen LogP contribution in [0.25, 0.3) is 0 Å². The van der Waals surface area contributed by atoms with E-state index in [2.05, 4.69) is 4.72 Å². The topological polar surface area (TPSA) is 145 Å². The maximum absolute atomic E-state index is 12.4. The molecule has 0 aliphatic heterocycles. The lowest BCUT2D eigenvalue weighted by Crippen LogP contribution is -2.28. The van der Waals surface area contributed by atoms with Crippen LogP contribution in [0.5, 0.6) is 5.75 Å². The van der Waals surface area contributed by atoms with E-state index in [0.29, 0.717) is 5.75 Å². The van der Waals surface area contributed by atoms with Crippen LogP contribution >= 0.6 is 0 Å². The molecule has 0 fully saturated rings. The van der Waals surface area contributed by atoms with Gasteiger partial charge >= 0.3 is 0 Å². The van der Waals surface area contributed by atoms with Crippen molar-refractivity contribution in [2.24, 2.45) is 0 Å². The van der Waals surface area contributed by atoms with Crippen molar-refractivity contribution >= 4 is 37.3 Å². The van der Waals surface area contributed by atoms with Gasteiger partial charge in [-0.2, -0.15) is 0 Å². The predicted octanol–water partition coefficient (Wildman–Crippen LogP) is 0.903. The van der Waals surface area contributed by atoms with Crippen LogP contribution in [0.3, 0.4) is 0 Å². The van der Waals surface area contributed by atoms with Crippen molar-refractivity contribution in [3.05, 3.63) is 42.5 Å². The van der Waals surface area contributed by atoms with Gasteiger partial charge in [0.05, 0.1) is 22.6 Å². The molecule has 0 saturated heterocycles. The lowest BCUT2D eigenvalue weighted by atomic mass is 10.3. The first-order chi connectivity index (χ1) is 12.0. The molecule has 2 aromatic carbocycles. The minimum absolute atomic E-state index is 0.0780. The third-order valence-corrected chi connectivity index (χ3v) is 6.03. The summed E-state index contributed by atoms with van der Waals surface area (Å²) in [6.07, 6.45) is 0. The Hall–Kier alpha value is -2.79. The lowest BCUT2D eigenvalue weighted by molar-refractivity contribution is -0.117. The third kappa shape index (κ3) is 4.43. The van der Waals surface area contributed by atoms with Crippen LogP contribution in [0.15, 0.2) is 52.3 Å². The van der Waals surface area contributed by atoms with Crippen LogP contribution in [0.4, 0.5) is 11.4 Å². The summed E-state index contributed by atoms with van der Waals surface area (Å²) in [5, 5.41) is 0. The Balaban J connectivity index is 2.25. The molecule has 0 aliphatic carbocycles. The number of amides is 1. The van der Waals surface area contributed by atoms with E-state index < -0.39 is 26.0 Å². The number of benzene rings is 2. The molecule has 0 saturated carbocycles. The minimum atomic E-state index is -3.99. The second kappa shape index (κ2) is 7.22. The fraction of sp³-hybridized carbons (Fsp3) is 0.133. The molecule has 4 N–H and O–H groups in total. The number of carbonyl (C=O) groups excluding carboxylic acids is 1. The van der Waals surface area contributed by atoms with Gasteiger partial charge in [0.25, 0.3) is 20.0 Å². The number of hydrogen-bond acceptors (Lipinski definition) is 7. The van der Waals surface area contributed by atoms with Crippen molar-refractivity contribution in [2.45, 2.75) is 16.7 Å². The van der Waals surface area contributed by atoms with Gasteiger partial charge in [-0.1, -0.05) is 0 Å². The SMILES string of the molecule is COc1ccc(S(=O)(=O)Nc2ccc(S(=O)(=O)NC(C)=O)cc2)cc1N. The summed E-state index contributed by atoms with van der Waals surface area (Å²) < 4.78 is 57.6. The van der Waals surface area contributed by atoms with Crippen molar-refractivity contribution in [3.8, 4) is 5.75 Å². The fourth-order valence-electron chi connectivity index (χ4n) is 2.04. The first-order valence-corrected chi connectivity index (χ1v) is 10.1. The second-order valence-electron chi connectivity index (χ2n) is 5.20. The molecular weight excluding hydrogens is 382 g/mol. The van der Waals surface area contributed by atoms with Crippen molar-refractivity contribution in [3.63, 3.8) is 0 Å². The summed E-state index contributed by atoms with van der Waals surface area (Å²) >= 11 is 0. The van der Waals surface area contributed by atoms with Crippen LogP contribution in [0.1, 0.15) is 6.92 Å². The Kier molecular flexibility index (Phi) is 5.42. The summed E-state index contributed by atoms with van der Waals surface area (Å²) in [6, 6.07) is 8.87. The van der Waals surface area contributed by atoms with Crippen molar-refractivity contribution < 1.29 is 26.4 Å². The van der Waals surface area contributed by atoms with E-state index in [4.69, 9.17) is 10.5 Å². The second-order valence-corrected chi connectivity index (χ2v) is 8.56. The van der Waals surface area contributed by atoms with Crippen LogP contribution in [0.2, 0.25) is 0 Å². The van der Waals surface area contributed by atoms with Gasteiger partial charge in [0, 0.05) is 12.6 Å². The number of ether oxygens (including phenoxy) is 1. The molecule has 0 spiro atoms. The summed E-state index contributed by atoms with van der Waals surface area (Å²) in [6.45, 7) is 1.07. The van der Waals surface area contributed by atoms with Crippen LogP contribution in [-0.2, 0) is 24.8 Å². The van der Waals surface area contributed by atoms with E-state index in [-0.39, 0.29) is 21.2 Å². The number of hydrogen-bond donors (Lipinski definition) is 3. The Morgan fingerprint density at radius 2 is 1.54 bits per heavy atom. The van der Waals surface area contributed by atoms with Gasteiger partial charge in [-0.15, -0.1) is 0 Å². The van der Waals surface area contributed by atoms with Crippen LogP contribution < -0.4 is 19.9 Å². The minimum Gasteiger partial charge on any atom is -0.495 e. The highest BCUT2D eigenvalue weighted by Gasteiger charge is 2.18. The van der Waals surface area contributed by atoms with Gasteiger partial charge in [-0.25, -0.2) is 21.6 Å². The average molecular weight is 399 g/mol. The molecule has 9 nitrogen and oxygen atoms in total. The molecule has 0 aromatic heterocycles. The Morgan fingerprint density at radius 1 is 0.962 bits per heavy atom. The van der Waals surface area contributed by atoms with Gasteiger partial charge in [0.2, 0.25) is 5.91 Å². The van der Waals surface area contributed by atoms with Gasteiger partial charge in [0.15, 0.2) is 0 Å². The molecular formula is C15H17N3O6S2. The highest BCUT2D eigenvalue weighted by molar-refractivity contribution is 7.92. The fourth-order valence-corrected chi connectivity index (χ4v) is 4.13. The largest absolute Gasteiger partial charge is 0.495 e. The van der Waals surface area contributed by atoms with E-state index in [1.807, 2.05) is 4.72 Å². The number of sulfonamides is 2. The Labute approximate surface area is 151 Å². The maximum Gasteiger partial charge on any atom is 0.264 e. The van der Waals surface area contributed by atoms with E-state index in [1.54, 1.807) is 0 Å². The summed E-state index contributed by atoms with van der Waals surface area (Å²) in [5.74, 6) is -0.386. The van der Waals surface area contributed by atoms with Crippen molar-refractivity contribution in [2.75, 3.05) is 17.6 Å².